The van der Waals surface area contributed by atoms with E-state index in [0.717, 1.165) is 6.07 Å². The lowest BCUT2D eigenvalue weighted by molar-refractivity contribution is -0.131. The van der Waals surface area contributed by atoms with Gasteiger partial charge in [-0.2, -0.15) is 0 Å². The number of halogens is 2. The van der Waals surface area contributed by atoms with Gasteiger partial charge in [-0.1, -0.05) is 17.7 Å². The molecule has 17 heavy (non-hydrogen) atoms. The van der Waals surface area contributed by atoms with Gasteiger partial charge in [0.2, 0.25) is 17.2 Å². The van der Waals surface area contributed by atoms with Crippen LogP contribution >= 0.6 is 11.6 Å². The maximum Gasteiger partial charge on any atom is 0.250 e. The number of hydrogen-bond donors (Lipinski definition) is 2. The number of hydrogen-bond acceptors (Lipinski definition) is 4. The Balaban J connectivity index is 2.60. The van der Waals surface area contributed by atoms with Crippen LogP contribution in [0.25, 0.3) is 0 Å². The van der Waals surface area contributed by atoms with Gasteiger partial charge in [0.05, 0.1) is 10.6 Å². The smallest absolute Gasteiger partial charge is 0.250 e. The monoisotopic (exact) mass is 257 g/mol. The highest BCUT2D eigenvalue weighted by molar-refractivity contribution is 6.32. The minimum absolute atomic E-state index is 0.0309. The quantitative estimate of drug-likeness (QED) is 0.807. The largest absolute Gasteiger partial charge is 0.501 e. The molecule has 1 heterocycles. The summed E-state index contributed by atoms with van der Waals surface area (Å²) in [4.78, 5) is 11.8. The van der Waals surface area contributed by atoms with Crippen LogP contribution in [0.3, 0.4) is 0 Å². The van der Waals surface area contributed by atoms with Crippen molar-refractivity contribution in [1.29, 1.82) is 0 Å². The van der Waals surface area contributed by atoms with Crippen molar-refractivity contribution in [3.63, 3.8) is 0 Å². The summed E-state index contributed by atoms with van der Waals surface area (Å²) in [6, 6.07) is 3.97. The fraction of sp³-hybridized carbons (Fsp3) is 0.182. The zero-order chi connectivity index (χ0) is 12.8. The third kappa shape index (κ3) is 1.54. The van der Waals surface area contributed by atoms with Crippen molar-refractivity contribution in [3.8, 4) is 0 Å². The van der Waals surface area contributed by atoms with E-state index in [2.05, 4.69) is 0 Å². The number of nitrogens with two attached hydrogens (primary N) is 1. The van der Waals surface area contributed by atoms with Gasteiger partial charge in [-0.25, -0.2) is 4.39 Å². The molecule has 0 fully saturated rings. The highest BCUT2D eigenvalue weighted by Gasteiger charge is 2.49. The highest BCUT2D eigenvalue weighted by atomic mass is 35.5. The molecule has 0 bridgehead atoms. The second kappa shape index (κ2) is 3.63. The Morgan fingerprint density at radius 3 is 2.65 bits per heavy atom. The van der Waals surface area contributed by atoms with Crippen LogP contribution in [0.5, 0.6) is 0 Å². The minimum Gasteiger partial charge on any atom is -0.501 e. The Morgan fingerprint density at radius 1 is 1.53 bits per heavy atom. The van der Waals surface area contributed by atoms with E-state index < -0.39 is 28.8 Å². The summed E-state index contributed by atoms with van der Waals surface area (Å²) in [7, 11) is 0. The van der Waals surface area contributed by atoms with Crippen LogP contribution in [-0.4, -0.2) is 10.9 Å². The minimum atomic E-state index is -1.73. The number of benzene rings is 1. The van der Waals surface area contributed by atoms with Crippen LogP contribution < -0.4 is 5.73 Å². The molecule has 4 nitrogen and oxygen atoms in total. The molecule has 1 aliphatic rings. The van der Waals surface area contributed by atoms with Crippen molar-refractivity contribution in [2.24, 2.45) is 5.73 Å². The maximum absolute atomic E-state index is 13.7. The zero-order valence-corrected chi connectivity index (χ0v) is 9.58. The third-order valence-electron chi connectivity index (χ3n) is 2.64. The summed E-state index contributed by atoms with van der Waals surface area (Å²) in [6.07, 6.45) is 0. The summed E-state index contributed by atoms with van der Waals surface area (Å²) in [5.41, 5.74) is 3.44. The normalized spacial score (nSPS) is 24.1. The first kappa shape index (κ1) is 11.7. The summed E-state index contributed by atoms with van der Waals surface area (Å²) in [5, 5.41) is 9.39. The van der Waals surface area contributed by atoms with Gasteiger partial charge in [0, 0.05) is 0 Å². The standard InChI is InChI=1S/C11H9ClFNO3/c1-11(9(16)8(15)10(14)17-11)7-5(12)3-2-4-6(7)13/h2-4,15H,14H2,1H3. The summed E-state index contributed by atoms with van der Waals surface area (Å²) >= 11 is 5.85. The lowest BCUT2D eigenvalue weighted by atomic mass is 9.91. The molecule has 1 atom stereocenters. The molecule has 6 heteroatoms. The first-order valence-electron chi connectivity index (χ1n) is 4.75. The molecule has 1 aliphatic heterocycles. The molecular formula is C11H9ClFNO3. The van der Waals surface area contributed by atoms with Crippen molar-refractivity contribution in [1.82, 2.24) is 0 Å². The average molecular weight is 258 g/mol. The number of ether oxygens (including phenoxy) is 1. The van der Waals surface area contributed by atoms with E-state index in [4.69, 9.17) is 22.1 Å². The number of carbonyl (C=O) groups excluding carboxylic acids is 1. The molecule has 0 spiro atoms. The van der Waals surface area contributed by atoms with Crippen molar-refractivity contribution >= 4 is 17.4 Å². The van der Waals surface area contributed by atoms with Crippen LogP contribution in [0.15, 0.2) is 29.8 Å². The van der Waals surface area contributed by atoms with E-state index in [1.54, 1.807) is 0 Å². The molecular weight excluding hydrogens is 249 g/mol. The predicted molar refractivity (Wildman–Crippen MR) is 58.7 cm³/mol. The Bertz CT molecular complexity index is 523. The van der Waals surface area contributed by atoms with Gasteiger partial charge in [-0.3, -0.25) is 4.79 Å². The third-order valence-corrected chi connectivity index (χ3v) is 2.95. The van der Waals surface area contributed by atoms with Crippen LogP contribution in [0, 0.1) is 5.82 Å². The first-order chi connectivity index (χ1) is 7.88. The molecule has 0 radical (unpaired) electrons. The summed E-state index contributed by atoms with van der Waals surface area (Å²) in [6.45, 7) is 1.30. The molecule has 0 saturated heterocycles. The molecule has 1 aromatic carbocycles. The van der Waals surface area contributed by atoms with Gasteiger partial charge in [-0.05, 0) is 19.1 Å². The van der Waals surface area contributed by atoms with Crippen LogP contribution in [0.2, 0.25) is 5.02 Å². The molecule has 0 saturated carbocycles. The van der Waals surface area contributed by atoms with E-state index in [-0.39, 0.29) is 10.6 Å². The Labute approximate surface area is 101 Å². The highest BCUT2D eigenvalue weighted by Crippen LogP contribution is 2.40. The van der Waals surface area contributed by atoms with Gasteiger partial charge in [0.25, 0.3) is 5.78 Å². The molecule has 90 valence electrons. The van der Waals surface area contributed by atoms with E-state index in [1.807, 2.05) is 0 Å². The van der Waals surface area contributed by atoms with Gasteiger partial charge < -0.3 is 15.6 Å². The maximum atomic E-state index is 13.7. The molecule has 1 aromatic rings. The lowest BCUT2D eigenvalue weighted by Crippen LogP contribution is -2.32. The molecule has 2 rings (SSSR count). The predicted octanol–water partition coefficient (Wildman–Crippen LogP) is 1.98. The van der Waals surface area contributed by atoms with E-state index >= 15 is 0 Å². The van der Waals surface area contributed by atoms with Crippen LogP contribution in [-0.2, 0) is 15.1 Å². The van der Waals surface area contributed by atoms with E-state index in [0.29, 0.717) is 0 Å². The number of aliphatic hydroxyl groups excluding tert-OH is 1. The van der Waals surface area contributed by atoms with Crippen molar-refractivity contribution in [2.75, 3.05) is 0 Å². The SMILES string of the molecule is CC1(c2c(F)cccc2Cl)OC(N)=C(O)C1=O. The molecule has 0 aromatic heterocycles. The second-order valence-corrected chi connectivity index (χ2v) is 4.18. The molecule has 0 aliphatic carbocycles. The van der Waals surface area contributed by atoms with Gasteiger partial charge in [0.1, 0.15) is 5.82 Å². The second-order valence-electron chi connectivity index (χ2n) is 3.77. The zero-order valence-electron chi connectivity index (χ0n) is 8.83. The van der Waals surface area contributed by atoms with E-state index in [9.17, 15) is 14.3 Å². The molecule has 1 unspecified atom stereocenters. The topological polar surface area (TPSA) is 72.6 Å². The summed E-state index contributed by atoms with van der Waals surface area (Å²) in [5.74, 6) is -2.67. The summed E-state index contributed by atoms with van der Waals surface area (Å²) < 4.78 is 18.8. The fourth-order valence-electron chi connectivity index (χ4n) is 1.77. The molecule has 0 amide bonds. The number of Topliss-reactive ketones (excluding diaryl/α,β-unsaturated/α-hetero) is 1. The fourth-order valence-corrected chi connectivity index (χ4v) is 2.11. The van der Waals surface area contributed by atoms with E-state index in [1.165, 1.54) is 19.1 Å². The van der Waals surface area contributed by atoms with Gasteiger partial charge in [0.15, 0.2) is 0 Å². The van der Waals surface area contributed by atoms with Crippen LogP contribution in [0.4, 0.5) is 4.39 Å². The van der Waals surface area contributed by atoms with Crippen LogP contribution in [0.1, 0.15) is 12.5 Å². The first-order valence-corrected chi connectivity index (χ1v) is 5.12. The molecule has 3 N–H and O–H groups in total. The average Bonchev–Trinajstić information content (AvgIpc) is 2.43. The number of ketones is 1. The lowest BCUT2D eigenvalue weighted by Gasteiger charge is -2.24. The Hall–Kier alpha value is -1.75. The van der Waals surface area contributed by atoms with Crippen molar-refractivity contribution < 1.29 is 19.0 Å². The number of aliphatic hydroxyl groups is 1. The van der Waals surface area contributed by atoms with Crippen molar-refractivity contribution in [3.05, 3.63) is 46.2 Å². The van der Waals surface area contributed by atoms with Gasteiger partial charge >= 0.3 is 0 Å². The Kier molecular flexibility index (Phi) is 2.50. The van der Waals surface area contributed by atoms with Crippen molar-refractivity contribution in [2.45, 2.75) is 12.5 Å². The Morgan fingerprint density at radius 2 is 2.18 bits per heavy atom. The number of carbonyl (C=O) groups is 1. The number of rotatable bonds is 1. The van der Waals surface area contributed by atoms with Gasteiger partial charge in [-0.15, -0.1) is 0 Å².